The zero-order chi connectivity index (χ0) is 20.9. The second-order valence-corrected chi connectivity index (χ2v) is 8.35. The maximum absolute atomic E-state index is 12.4. The Balaban J connectivity index is 1.37. The highest BCUT2D eigenvalue weighted by molar-refractivity contribution is 7.19. The van der Waals surface area contributed by atoms with Crippen molar-refractivity contribution in [3.63, 3.8) is 0 Å². The van der Waals surface area contributed by atoms with Crippen LogP contribution in [0.1, 0.15) is 21.7 Å². The van der Waals surface area contributed by atoms with Crippen LogP contribution in [0.3, 0.4) is 0 Å². The average molecular weight is 435 g/mol. The third kappa shape index (κ3) is 4.79. The molecule has 30 heavy (non-hydrogen) atoms. The number of rotatable bonds is 6. The van der Waals surface area contributed by atoms with Crippen molar-refractivity contribution in [2.45, 2.75) is 13.3 Å². The van der Waals surface area contributed by atoms with Crippen LogP contribution in [0.15, 0.2) is 66.0 Å². The van der Waals surface area contributed by atoms with Crippen LogP contribution < -0.4 is 10.6 Å². The normalized spacial score (nSPS) is 10.6. The number of aromatic nitrogens is 2. The maximum Gasteiger partial charge on any atom is 0.257 e. The highest BCUT2D eigenvalue weighted by Crippen LogP contribution is 2.32. The van der Waals surface area contributed by atoms with Crippen LogP contribution in [0.5, 0.6) is 0 Å². The number of hydrogen-bond donors (Lipinski definition) is 2. The Bertz CT molecular complexity index is 1170. The summed E-state index contributed by atoms with van der Waals surface area (Å²) in [6.45, 7) is 1.93. The van der Waals surface area contributed by atoms with E-state index in [1.807, 2.05) is 43.3 Å². The van der Waals surface area contributed by atoms with Crippen molar-refractivity contribution in [3.8, 4) is 10.4 Å². The van der Waals surface area contributed by atoms with E-state index in [4.69, 9.17) is 0 Å². The molecular weight excluding hydrogens is 416 g/mol. The number of hydrogen-bond acceptors (Lipinski definition) is 6. The summed E-state index contributed by atoms with van der Waals surface area (Å²) in [7, 11) is 0. The molecule has 4 rings (SSSR count). The molecule has 0 atom stereocenters. The zero-order valence-corrected chi connectivity index (χ0v) is 17.7. The molecule has 2 N–H and O–H groups in total. The topological polar surface area (TPSA) is 84.0 Å². The summed E-state index contributed by atoms with van der Waals surface area (Å²) in [6, 6.07) is 18.9. The van der Waals surface area contributed by atoms with Gasteiger partial charge in [0.25, 0.3) is 5.91 Å². The fraction of sp³-hybridized carbons (Fsp3) is 0.0909. The Labute approximate surface area is 181 Å². The number of benzene rings is 2. The van der Waals surface area contributed by atoms with Gasteiger partial charge in [0.2, 0.25) is 5.91 Å². The van der Waals surface area contributed by atoms with Gasteiger partial charge < -0.3 is 5.32 Å². The minimum atomic E-state index is -0.229. The third-order valence-corrected chi connectivity index (χ3v) is 6.16. The van der Waals surface area contributed by atoms with Crippen LogP contribution in [-0.4, -0.2) is 21.8 Å². The summed E-state index contributed by atoms with van der Waals surface area (Å²) in [4.78, 5) is 34.5. The predicted molar refractivity (Wildman–Crippen MR) is 121 cm³/mol. The number of amides is 2. The standard InChI is InChI=1S/C22H18N4O2S2/c1-14-19(15-8-4-2-5-9-15)30-22(23-14)25-18(27)12-17-13-29-21(24-17)26-20(28)16-10-6-3-7-11-16/h2-11,13H,12H2,1H3,(H,23,25,27)(H,24,26,28). The van der Waals surface area contributed by atoms with Gasteiger partial charge in [-0.1, -0.05) is 59.9 Å². The molecule has 0 unspecified atom stereocenters. The Morgan fingerprint density at radius 1 is 0.900 bits per heavy atom. The predicted octanol–water partition coefficient (Wildman–Crippen LogP) is 5.01. The van der Waals surface area contributed by atoms with Crippen LogP contribution in [0.4, 0.5) is 10.3 Å². The number of aryl methyl sites for hydroxylation is 1. The fourth-order valence-corrected chi connectivity index (χ4v) is 4.53. The fourth-order valence-electron chi connectivity index (χ4n) is 2.84. The van der Waals surface area contributed by atoms with E-state index in [1.54, 1.807) is 29.6 Å². The number of thiazole rings is 2. The largest absolute Gasteiger partial charge is 0.302 e. The number of carbonyl (C=O) groups excluding carboxylic acids is 2. The summed E-state index contributed by atoms with van der Waals surface area (Å²) >= 11 is 2.73. The van der Waals surface area contributed by atoms with E-state index in [0.29, 0.717) is 21.5 Å². The molecule has 8 heteroatoms. The highest BCUT2D eigenvalue weighted by Gasteiger charge is 2.14. The van der Waals surface area contributed by atoms with Gasteiger partial charge >= 0.3 is 0 Å². The monoisotopic (exact) mass is 434 g/mol. The Morgan fingerprint density at radius 3 is 2.33 bits per heavy atom. The Morgan fingerprint density at radius 2 is 1.60 bits per heavy atom. The van der Waals surface area contributed by atoms with Crippen LogP contribution in [0.2, 0.25) is 0 Å². The summed E-state index contributed by atoms with van der Waals surface area (Å²) < 4.78 is 0. The van der Waals surface area contributed by atoms with Gasteiger partial charge in [0.15, 0.2) is 10.3 Å². The van der Waals surface area contributed by atoms with E-state index in [0.717, 1.165) is 16.1 Å². The van der Waals surface area contributed by atoms with Gasteiger partial charge in [0.05, 0.1) is 22.7 Å². The molecule has 150 valence electrons. The SMILES string of the molecule is Cc1nc(NC(=O)Cc2csc(NC(=O)c3ccccc3)n2)sc1-c1ccccc1. The van der Waals surface area contributed by atoms with E-state index < -0.39 is 0 Å². The summed E-state index contributed by atoms with van der Waals surface area (Å²) in [5, 5.41) is 8.39. The second kappa shape index (κ2) is 8.98. The Hall–Kier alpha value is -3.36. The maximum atomic E-state index is 12.4. The molecular formula is C22H18N4O2S2. The molecule has 4 aromatic rings. The average Bonchev–Trinajstić information content (AvgIpc) is 3.35. The molecule has 0 aliphatic rings. The number of anilines is 2. The molecule has 0 saturated heterocycles. The molecule has 0 fully saturated rings. The lowest BCUT2D eigenvalue weighted by molar-refractivity contribution is -0.115. The lowest BCUT2D eigenvalue weighted by atomic mass is 10.2. The molecule has 2 amide bonds. The first-order chi connectivity index (χ1) is 14.6. The van der Waals surface area contributed by atoms with E-state index >= 15 is 0 Å². The molecule has 0 aliphatic carbocycles. The van der Waals surface area contributed by atoms with Gasteiger partial charge in [-0.05, 0) is 24.6 Å². The molecule has 0 aliphatic heterocycles. The quantitative estimate of drug-likeness (QED) is 0.447. The molecule has 0 bridgehead atoms. The molecule has 2 aromatic heterocycles. The number of nitrogens with zero attached hydrogens (tertiary/aromatic N) is 2. The molecule has 6 nitrogen and oxygen atoms in total. The number of carbonyl (C=O) groups is 2. The van der Waals surface area contributed by atoms with Crippen LogP contribution in [0.25, 0.3) is 10.4 Å². The van der Waals surface area contributed by atoms with Gasteiger partial charge in [0.1, 0.15) is 0 Å². The van der Waals surface area contributed by atoms with Crippen molar-refractivity contribution in [2.75, 3.05) is 10.6 Å². The highest BCUT2D eigenvalue weighted by atomic mass is 32.1. The zero-order valence-electron chi connectivity index (χ0n) is 16.1. The van der Waals surface area contributed by atoms with Crippen molar-refractivity contribution in [3.05, 3.63) is 83.0 Å². The molecule has 2 aromatic carbocycles. The van der Waals surface area contributed by atoms with Gasteiger partial charge in [0, 0.05) is 10.9 Å². The lowest BCUT2D eigenvalue weighted by Crippen LogP contribution is -2.15. The van der Waals surface area contributed by atoms with Crippen LogP contribution in [-0.2, 0) is 11.2 Å². The minimum Gasteiger partial charge on any atom is -0.302 e. The molecule has 0 radical (unpaired) electrons. The first-order valence-corrected chi connectivity index (χ1v) is 10.9. The summed E-state index contributed by atoms with van der Waals surface area (Å²) in [5.41, 5.74) is 3.10. The molecule has 0 spiro atoms. The second-order valence-electron chi connectivity index (χ2n) is 6.49. The Kier molecular flexibility index (Phi) is 5.97. The smallest absolute Gasteiger partial charge is 0.257 e. The van der Waals surface area contributed by atoms with E-state index in [9.17, 15) is 9.59 Å². The van der Waals surface area contributed by atoms with Crippen LogP contribution in [0, 0.1) is 6.92 Å². The van der Waals surface area contributed by atoms with Crippen molar-refractivity contribution in [2.24, 2.45) is 0 Å². The van der Waals surface area contributed by atoms with Gasteiger partial charge in [-0.2, -0.15) is 0 Å². The lowest BCUT2D eigenvalue weighted by Gasteiger charge is -2.01. The minimum absolute atomic E-state index is 0.108. The first kappa shape index (κ1) is 19.9. The molecule has 2 heterocycles. The van der Waals surface area contributed by atoms with Crippen LogP contribution >= 0.6 is 22.7 Å². The third-order valence-electron chi connectivity index (χ3n) is 4.23. The first-order valence-electron chi connectivity index (χ1n) is 9.22. The summed E-state index contributed by atoms with van der Waals surface area (Å²) in [6.07, 6.45) is 0.108. The van der Waals surface area contributed by atoms with Crippen molar-refractivity contribution >= 4 is 44.8 Å². The van der Waals surface area contributed by atoms with E-state index in [2.05, 4.69) is 20.6 Å². The van der Waals surface area contributed by atoms with Gasteiger partial charge in [-0.25, -0.2) is 9.97 Å². The van der Waals surface area contributed by atoms with Crippen molar-refractivity contribution in [1.82, 2.24) is 9.97 Å². The number of nitrogens with one attached hydrogen (secondary N) is 2. The summed E-state index contributed by atoms with van der Waals surface area (Å²) in [5.74, 6) is -0.428. The van der Waals surface area contributed by atoms with E-state index in [-0.39, 0.29) is 18.2 Å². The molecule has 0 saturated carbocycles. The van der Waals surface area contributed by atoms with Gasteiger partial charge in [-0.15, -0.1) is 11.3 Å². The van der Waals surface area contributed by atoms with Crippen molar-refractivity contribution in [1.29, 1.82) is 0 Å². The van der Waals surface area contributed by atoms with Crippen molar-refractivity contribution < 1.29 is 9.59 Å². The van der Waals surface area contributed by atoms with E-state index in [1.165, 1.54) is 22.7 Å². The van der Waals surface area contributed by atoms with Gasteiger partial charge in [-0.3, -0.25) is 14.9 Å².